The molecule has 0 spiro atoms. The van der Waals surface area contributed by atoms with Crippen LogP contribution in [0.2, 0.25) is 0 Å². The number of nitrogen functional groups attached to an aromatic ring is 1. The van der Waals surface area contributed by atoms with Crippen LogP contribution in [0.3, 0.4) is 0 Å². The summed E-state index contributed by atoms with van der Waals surface area (Å²) in [4.78, 5) is 0.224. The van der Waals surface area contributed by atoms with Crippen molar-refractivity contribution in [2.24, 2.45) is 0 Å². The van der Waals surface area contributed by atoms with Gasteiger partial charge in [-0.25, -0.2) is 8.42 Å². The zero-order valence-electron chi connectivity index (χ0n) is 10.7. The maximum atomic E-state index is 12.6. The lowest BCUT2D eigenvalue weighted by Gasteiger charge is -2.33. The molecule has 0 saturated carbocycles. The lowest BCUT2D eigenvalue weighted by Crippen LogP contribution is -2.50. The Kier molecular flexibility index (Phi) is 4.10. The fraction of sp³-hybridized carbons (Fsp3) is 0.500. The summed E-state index contributed by atoms with van der Waals surface area (Å²) >= 11 is 0. The molecule has 106 valence electrons. The number of anilines is 1. The Morgan fingerprint density at radius 1 is 1.53 bits per heavy atom. The van der Waals surface area contributed by atoms with Crippen LogP contribution in [0.15, 0.2) is 23.1 Å². The molecule has 1 fully saturated rings. The Morgan fingerprint density at radius 3 is 2.89 bits per heavy atom. The van der Waals surface area contributed by atoms with Crippen molar-refractivity contribution in [3.63, 3.8) is 0 Å². The van der Waals surface area contributed by atoms with E-state index in [1.807, 2.05) is 0 Å². The molecule has 0 amide bonds. The molecule has 0 bridgehead atoms. The van der Waals surface area contributed by atoms with Crippen molar-refractivity contribution in [1.29, 1.82) is 0 Å². The number of aliphatic hydroxyl groups is 1. The van der Waals surface area contributed by atoms with Gasteiger partial charge >= 0.3 is 0 Å². The van der Waals surface area contributed by atoms with Gasteiger partial charge in [0, 0.05) is 12.2 Å². The van der Waals surface area contributed by atoms with Crippen LogP contribution in [0.4, 0.5) is 5.69 Å². The quantitative estimate of drug-likeness (QED) is 0.761. The van der Waals surface area contributed by atoms with E-state index < -0.39 is 16.1 Å². The van der Waals surface area contributed by atoms with Gasteiger partial charge in [0.05, 0.1) is 30.8 Å². The number of aryl methyl sites for hydroxylation is 1. The van der Waals surface area contributed by atoms with Gasteiger partial charge in [0.2, 0.25) is 10.0 Å². The summed E-state index contributed by atoms with van der Waals surface area (Å²) in [5.41, 5.74) is 6.76. The van der Waals surface area contributed by atoms with Crippen molar-refractivity contribution in [1.82, 2.24) is 4.31 Å². The first kappa shape index (κ1) is 14.3. The van der Waals surface area contributed by atoms with E-state index in [-0.39, 0.29) is 24.7 Å². The first-order valence-electron chi connectivity index (χ1n) is 6.03. The minimum absolute atomic E-state index is 0.212. The largest absolute Gasteiger partial charge is 0.399 e. The average Bonchev–Trinajstić information content (AvgIpc) is 2.38. The van der Waals surface area contributed by atoms with Gasteiger partial charge in [0.1, 0.15) is 0 Å². The molecule has 1 aromatic carbocycles. The van der Waals surface area contributed by atoms with Crippen molar-refractivity contribution in [2.75, 3.05) is 32.1 Å². The predicted octanol–water partition coefficient (Wildman–Crippen LogP) is -0.0410. The number of hydrogen-bond donors (Lipinski definition) is 2. The van der Waals surface area contributed by atoms with Gasteiger partial charge in [-0.15, -0.1) is 0 Å². The van der Waals surface area contributed by atoms with Crippen LogP contribution in [0.25, 0.3) is 0 Å². The summed E-state index contributed by atoms with van der Waals surface area (Å²) in [7, 11) is -3.63. The Hall–Kier alpha value is -1.15. The van der Waals surface area contributed by atoms with Crippen LogP contribution >= 0.6 is 0 Å². The third-order valence-electron chi connectivity index (χ3n) is 3.17. The van der Waals surface area contributed by atoms with Gasteiger partial charge in [-0.3, -0.25) is 0 Å². The maximum absolute atomic E-state index is 12.6. The molecule has 0 aromatic heterocycles. The van der Waals surface area contributed by atoms with E-state index in [0.29, 0.717) is 17.9 Å². The summed E-state index contributed by atoms with van der Waals surface area (Å²) in [6.07, 6.45) is 0. The third kappa shape index (κ3) is 2.74. The molecule has 19 heavy (non-hydrogen) atoms. The van der Waals surface area contributed by atoms with Gasteiger partial charge in [-0.1, -0.05) is 0 Å². The predicted molar refractivity (Wildman–Crippen MR) is 71.2 cm³/mol. The molecule has 0 aliphatic carbocycles. The first-order valence-corrected chi connectivity index (χ1v) is 7.47. The first-order chi connectivity index (χ1) is 8.96. The maximum Gasteiger partial charge on any atom is 0.243 e. The molecule has 1 unspecified atom stereocenters. The molecule has 7 heteroatoms. The van der Waals surface area contributed by atoms with Crippen LogP contribution in [0.1, 0.15) is 5.56 Å². The molecule has 0 radical (unpaired) electrons. The second-order valence-electron chi connectivity index (χ2n) is 4.55. The third-order valence-corrected chi connectivity index (χ3v) is 5.28. The van der Waals surface area contributed by atoms with Gasteiger partial charge < -0.3 is 15.6 Å². The van der Waals surface area contributed by atoms with E-state index in [0.717, 1.165) is 0 Å². The van der Waals surface area contributed by atoms with Crippen LogP contribution in [0.5, 0.6) is 0 Å². The molecule has 6 nitrogen and oxygen atoms in total. The van der Waals surface area contributed by atoms with Gasteiger partial charge in [-0.05, 0) is 30.7 Å². The summed E-state index contributed by atoms with van der Waals surface area (Å²) in [5.74, 6) is 0. The van der Waals surface area contributed by atoms with Gasteiger partial charge in [0.25, 0.3) is 0 Å². The summed E-state index contributed by atoms with van der Waals surface area (Å²) in [6.45, 7) is 2.25. The van der Waals surface area contributed by atoms with Crippen LogP contribution in [0, 0.1) is 6.92 Å². The Morgan fingerprint density at radius 2 is 2.26 bits per heavy atom. The Balaban J connectivity index is 2.40. The van der Waals surface area contributed by atoms with Crippen LogP contribution in [-0.2, 0) is 14.8 Å². The van der Waals surface area contributed by atoms with E-state index in [2.05, 4.69) is 0 Å². The molecule has 3 N–H and O–H groups in total. The number of rotatable bonds is 3. The zero-order chi connectivity index (χ0) is 14.0. The normalized spacial score (nSPS) is 21.5. The summed E-state index contributed by atoms with van der Waals surface area (Å²) in [5, 5.41) is 9.28. The minimum atomic E-state index is -3.63. The van der Waals surface area contributed by atoms with E-state index in [1.165, 1.54) is 10.4 Å². The molecule has 1 aromatic rings. The molecule has 1 saturated heterocycles. The lowest BCUT2D eigenvalue weighted by molar-refractivity contribution is 0.0109. The highest BCUT2D eigenvalue weighted by Crippen LogP contribution is 2.24. The van der Waals surface area contributed by atoms with E-state index in [9.17, 15) is 13.5 Å². The van der Waals surface area contributed by atoms with Gasteiger partial charge in [0.15, 0.2) is 0 Å². The number of ether oxygens (including phenoxy) is 1. The molecule has 1 aliphatic rings. The van der Waals surface area contributed by atoms with E-state index >= 15 is 0 Å². The summed E-state index contributed by atoms with van der Waals surface area (Å²) < 4.78 is 31.7. The topological polar surface area (TPSA) is 92.9 Å². The fourth-order valence-electron chi connectivity index (χ4n) is 2.19. The molecule has 1 heterocycles. The molecule has 1 atom stereocenters. The number of benzene rings is 1. The molecule has 2 rings (SSSR count). The van der Waals surface area contributed by atoms with Gasteiger partial charge in [-0.2, -0.15) is 4.31 Å². The second-order valence-corrected chi connectivity index (χ2v) is 6.41. The van der Waals surface area contributed by atoms with Crippen LogP contribution < -0.4 is 5.73 Å². The highest BCUT2D eigenvalue weighted by atomic mass is 32.2. The Labute approximate surface area is 112 Å². The number of nitrogens with two attached hydrogens (primary N) is 1. The molecule has 1 aliphatic heterocycles. The lowest BCUT2D eigenvalue weighted by atomic mass is 10.2. The van der Waals surface area contributed by atoms with Crippen LogP contribution in [-0.4, -0.2) is 50.2 Å². The zero-order valence-corrected chi connectivity index (χ0v) is 11.6. The highest BCUT2D eigenvalue weighted by molar-refractivity contribution is 7.89. The number of nitrogens with zero attached hydrogens (tertiary/aromatic N) is 1. The van der Waals surface area contributed by atoms with E-state index in [1.54, 1.807) is 19.1 Å². The standard InChI is InChI=1S/C12H18N2O4S/c1-9-6-10(13)2-3-12(9)19(16,17)14-4-5-18-8-11(14)7-15/h2-3,6,11,15H,4-5,7-8,13H2,1H3. The van der Waals surface area contributed by atoms with Crippen molar-refractivity contribution in [2.45, 2.75) is 17.9 Å². The van der Waals surface area contributed by atoms with Crippen molar-refractivity contribution in [3.8, 4) is 0 Å². The van der Waals surface area contributed by atoms with E-state index in [4.69, 9.17) is 10.5 Å². The molecular weight excluding hydrogens is 268 g/mol. The summed E-state index contributed by atoms with van der Waals surface area (Å²) in [6, 6.07) is 4.16. The second kappa shape index (κ2) is 5.46. The number of hydrogen-bond acceptors (Lipinski definition) is 5. The Bertz CT molecular complexity index is 559. The smallest absolute Gasteiger partial charge is 0.243 e. The van der Waals surface area contributed by atoms with Crippen molar-refractivity contribution < 1.29 is 18.3 Å². The number of sulfonamides is 1. The van der Waals surface area contributed by atoms with Crippen molar-refractivity contribution in [3.05, 3.63) is 23.8 Å². The number of aliphatic hydroxyl groups excluding tert-OH is 1. The fourth-order valence-corrected chi connectivity index (χ4v) is 3.98. The number of morpholine rings is 1. The average molecular weight is 286 g/mol. The SMILES string of the molecule is Cc1cc(N)ccc1S(=O)(=O)N1CCOCC1CO. The highest BCUT2D eigenvalue weighted by Gasteiger charge is 2.34. The molecular formula is C12H18N2O4S. The minimum Gasteiger partial charge on any atom is -0.399 e. The monoisotopic (exact) mass is 286 g/mol. The van der Waals surface area contributed by atoms with Crippen molar-refractivity contribution >= 4 is 15.7 Å².